The van der Waals surface area contributed by atoms with Gasteiger partial charge in [-0.3, -0.25) is 0 Å². The summed E-state index contributed by atoms with van der Waals surface area (Å²) >= 11 is -3.85. The Labute approximate surface area is 150 Å². The zero-order valence-electron chi connectivity index (χ0n) is 11.4. The van der Waals surface area contributed by atoms with Crippen LogP contribution in [0, 0.1) is 32.7 Å². The third kappa shape index (κ3) is 6.22. The molecule has 18 heteroatoms. The highest BCUT2D eigenvalue weighted by molar-refractivity contribution is 7.86. The zero-order chi connectivity index (χ0) is 22.2. The molecule has 0 fully saturated rings. The van der Waals surface area contributed by atoms with Gasteiger partial charge in [0.25, 0.3) is 3.57 Å². The molecule has 0 spiro atoms. The first kappa shape index (κ1) is 26.0. The zero-order valence-corrected chi connectivity index (χ0v) is 14.4. The van der Waals surface area contributed by atoms with Crippen LogP contribution in [0.2, 0.25) is 0 Å². The van der Waals surface area contributed by atoms with Gasteiger partial charge in [0.2, 0.25) is 29.1 Å². The van der Waals surface area contributed by atoms with Crippen molar-refractivity contribution >= 4 is 10.1 Å². The van der Waals surface area contributed by atoms with Crippen LogP contribution in [0.25, 0.3) is 0 Å². The van der Waals surface area contributed by atoms with E-state index >= 15 is 0 Å². The second kappa shape index (κ2) is 8.13. The second-order valence-corrected chi connectivity index (χ2v) is 8.22. The quantitative estimate of drug-likeness (QED) is 0.102. The average molecular weight is 562 g/mol. The number of alkyl halides is 9. The van der Waals surface area contributed by atoms with Gasteiger partial charge in [0.05, 0.1) is 0 Å². The Morgan fingerprint density at radius 3 is 1.15 bits per heavy atom. The van der Waals surface area contributed by atoms with E-state index in [4.69, 9.17) is 13.0 Å². The lowest BCUT2D eigenvalue weighted by molar-refractivity contribution is -0.794. The molecule has 0 unspecified atom stereocenters. The van der Waals surface area contributed by atoms with Crippen LogP contribution in [-0.4, -0.2) is 28.6 Å². The van der Waals surface area contributed by atoms with E-state index in [-0.39, 0.29) is 0 Å². The highest BCUT2D eigenvalue weighted by atomic mass is 127. The van der Waals surface area contributed by atoms with Crippen molar-refractivity contribution in [2.24, 2.45) is 0 Å². The van der Waals surface area contributed by atoms with E-state index in [2.05, 4.69) is 0 Å². The first-order valence-electron chi connectivity index (χ1n) is 5.29. The third-order valence-electron chi connectivity index (χ3n) is 1.97. The normalized spacial score (nSPS) is 13.3. The maximum atomic E-state index is 12.9. The van der Waals surface area contributed by atoms with Crippen molar-refractivity contribution in [2.45, 2.75) is 15.6 Å². The van der Waals surface area contributed by atoms with E-state index < -0.39 is 79.6 Å². The van der Waals surface area contributed by atoms with Gasteiger partial charge in [-0.05, 0) is 0 Å². The lowest BCUT2D eigenvalue weighted by Crippen LogP contribution is -3.68. The lowest BCUT2D eigenvalue weighted by Gasteiger charge is -2.08. The van der Waals surface area contributed by atoms with E-state index in [9.17, 15) is 57.1 Å². The Bertz CT molecular complexity index is 770. The summed E-state index contributed by atoms with van der Waals surface area (Å²) in [5.41, 5.74) is -5.65. The van der Waals surface area contributed by atoms with Crippen molar-refractivity contribution in [1.82, 2.24) is 0 Å². The van der Waals surface area contributed by atoms with Crippen molar-refractivity contribution in [1.29, 1.82) is 0 Å². The van der Waals surface area contributed by atoms with E-state index in [0.29, 0.717) is 0 Å². The molecule has 158 valence electrons. The second-order valence-electron chi connectivity index (χ2n) is 3.87. The minimum absolute atomic E-state index is 2.11. The van der Waals surface area contributed by atoms with Crippen LogP contribution in [0.3, 0.4) is 0 Å². The van der Waals surface area contributed by atoms with Gasteiger partial charge in [0, 0.05) is 0 Å². The van der Waals surface area contributed by atoms with Gasteiger partial charge < -0.3 is 4.55 Å². The van der Waals surface area contributed by atoms with Gasteiger partial charge in [-0.2, -0.15) is 35.1 Å². The summed E-state index contributed by atoms with van der Waals surface area (Å²) in [6.07, 6.45) is -6.14. The van der Waals surface area contributed by atoms with Crippen molar-refractivity contribution < 1.29 is 91.3 Å². The molecule has 3 nitrogen and oxygen atoms in total. The molecule has 0 aromatic heterocycles. The Hall–Kier alpha value is -1.05. The summed E-state index contributed by atoms with van der Waals surface area (Å²) < 4.78 is 176. The summed E-state index contributed by atoms with van der Waals surface area (Å²) in [4.78, 5) is 0. The number of benzene rings is 1. The molecule has 0 radical (unpaired) electrons. The minimum atomic E-state index is -6.14. The van der Waals surface area contributed by atoms with Crippen LogP contribution >= 0.6 is 0 Å². The Morgan fingerprint density at radius 2 is 0.926 bits per heavy atom. The minimum Gasteiger partial charge on any atom is -0.741 e. The first-order chi connectivity index (χ1) is 11.6. The maximum Gasteiger partial charge on any atom is 0.543 e. The van der Waals surface area contributed by atoms with Crippen LogP contribution in [0.1, 0.15) is 0 Å². The van der Waals surface area contributed by atoms with Crippen LogP contribution in [0.5, 0.6) is 0 Å². The number of hydrogen-bond acceptors (Lipinski definition) is 3. The van der Waals surface area contributed by atoms with E-state index in [1.807, 2.05) is 0 Å². The van der Waals surface area contributed by atoms with E-state index in [1.165, 1.54) is 0 Å². The summed E-state index contributed by atoms with van der Waals surface area (Å²) in [5, 5.41) is 0. The molecule has 0 atom stereocenters. The summed E-state index contributed by atoms with van der Waals surface area (Å²) in [6.45, 7) is 0. The van der Waals surface area contributed by atoms with Gasteiger partial charge in [0.15, 0.2) is 10.1 Å². The number of hydrogen-bond donors (Lipinski definition) is 0. The fourth-order valence-corrected chi connectivity index (χ4v) is 2.76. The van der Waals surface area contributed by atoms with Crippen molar-refractivity contribution in [2.75, 3.05) is 0 Å². The fourth-order valence-electron chi connectivity index (χ4n) is 0.833. The Morgan fingerprint density at radius 1 is 0.667 bits per heavy atom. The predicted molar refractivity (Wildman–Crippen MR) is 51.7 cm³/mol. The van der Waals surface area contributed by atoms with Crippen LogP contribution in [0.4, 0.5) is 57.1 Å². The van der Waals surface area contributed by atoms with Crippen LogP contribution < -0.4 is 21.2 Å². The molecule has 0 aliphatic rings. The maximum absolute atomic E-state index is 12.9. The standard InChI is InChI=1S/C8F10I.CHF3O3S/c9-1-2(10)4(12)6(5(13)3(1)11)19-8(17,18)7(14,15)16;2-1(3,4)8(5,6)7/h;(H,5,6,7)/q+1;/p-1. The van der Waals surface area contributed by atoms with Crippen molar-refractivity contribution in [3.05, 3.63) is 32.7 Å². The molecule has 0 saturated carbocycles. The van der Waals surface area contributed by atoms with Gasteiger partial charge >= 0.3 is 36.8 Å². The predicted octanol–water partition coefficient (Wildman–Crippen LogP) is 0.847. The topological polar surface area (TPSA) is 57.2 Å². The van der Waals surface area contributed by atoms with Gasteiger partial charge in [-0.25, -0.2) is 21.6 Å². The average Bonchev–Trinajstić information content (AvgIpc) is 2.45. The smallest absolute Gasteiger partial charge is 0.543 e. The molecular formula is C9F13IO3S. The van der Waals surface area contributed by atoms with Crippen molar-refractivity contribution in [3.63, 3.8) is 0 Å². The summed E-state index contributed by atoms with van der Waals surface area (Å²) in [7, 11) is -6.09. The van der Waals surface area contributed by atoms with Crippen molar-refractivity contribution in [3.8, 4) is 0 Å². The molecule has 0 N–H and O–H groups in total. The van der Waals surface area contributed by atoms with Gasteiger partial charge in [-0.15, -0.1) is 8.78 Å². The first-order valence-corrected chi connectivity index (χ1v) is 8.85. The molecule has 0 aliphatic heterocycles. The molecule has 0 bridgehead atoms. The molecule has 1 aromatic rings. The third-order valence-corrected chi connectivity index (χ3v) is 5.32. The molecule has 0 saturated heterocycles. The molecule has 0 amide bonds. The lowest BCUT2D eigenvalue weighted by atomic mass is 10.3. The number of halogens is 14. The van der Waals surface area contributed by atoms with Gasteiger partial charge in [0.1, 0.15) is 0 Å². The van der Waals surface area contributed by atoms with E-state index in [1.54, 1.807) is 0 Å². The molecule has 0 heterocycles. The van der Waals surface area contributed by atoms with Crippen LogP contribution in [0.15, 0.2) is 0 Å². The SMILES string of the molecule is Fc1c(F)c(F)c([I+]C(F)(F)C(F)(F)F)c(F)c1F.O=S(=O)([O-])C(F)(F)F. The largest absolute Gasteiger partial charge is 0.741 e. The van der Waals surface area contributed by atoms with Gasteiger partial charge in [-0.1, -0.05) is 0 Å². The highest BCUT2D eigenvalue weighted by Gasteiger charge is 2.71. The monoisotopic (exact) mass is 562 g/mol. The molecular weight excluding hydrogens is 562 g/mol. The Balaban J connectivity index is 0.000000713. The Kier molecular flexibility index (Phi) is 7.82. The highest BCUT2D eigenvalue weighted by Crippen LogP contribution is 2.28. The fraction of sp³-hybridized carbons (Fsp3) is 0.333. The molecule has 27 heavy (non-hydrogen) atoms. The summed E-state index contributed by atoms with van der Waals surface area (Å²) in [6, 6.07) is 0. The molecule has 1 aromatic carbocycles. The van der Waals surface area contributed by atoms with E-state index in [0.717, 1.165) is 0 Å². The van der Waals surface area contributed by atoms with Crippen LogP contribution in [-0.2, 0) is 10.1 Å². The number of rotatable bonds is 2. The molecule has 1 rings (SSSR count). The molecule has 0 aliphatic carbocycles. The summed E-state index contributed by atoms with van der Waals surface area (Å²) in [5.74, 6) is -13.1.